The van der Waals surface area contributed by atoms with Crippen LogP contribution in [-0.2, 0) is 6.42 Å². The van der Waals surface area contributed by atoms with Gasteiger partial charge in [-0.05, 0) is 50.7 Å². The minimum Gasteiger partial charge on any atom is -0.340 e. The van der Waals surface area contributed by atoms with Gasteiger partial charge in [-0.3, -0.25) is 0 Å². The standard InChI is InChI=1S/C20H28N4/c1-4-16-10-6-7-12-18(16)22-19-14-15(3)21-20(23-19)24-13-9-8-11-17(24)5-2/h6-7,10,12,14,17H,4-5,8-9,11,13H2,1-3H3,(H,21,22,23). The van der Waals surface area contributed by atoms with Crippen LogP contribution >= 0.6 is 0 Å². The van der Waals surface area contributed by atoms with E-state index < -0.39 is 0 Å². The van der Waals surface area contributed by atoms with E-state index >= 15 is 0 Å². The maximum atomic E-state index is 4.83. The highest BCUT2D eigenvalue weighted by molar-refractivity contribution is 5.61. The number of rotatable bonds is 5. The van der Waals surface area contributed by atoms with E-state index in [0.29, 0.717) is 6.04 Å². The summed E-state index contributed by atoms with van der Waals surface area (Å²) in [6, 6.07) is 11.0. The predicted octanol–water partition coefficient (Wildman–Crippen LogP) is 4.86. The summed E-state index contributed by atoms with van der Waals surface area (Å²) in [7, 11) is 0. The van der Waals surface area contributed by atoms with Crippen LogP contribution in [0, 0.1) is 6.92 Å². The van der Waals surface area contributed by atoms with E-state index in [9.17, 15) is 0 Å². The lowest BCUT2D eigenvalue weighted by Gasteiger charge is -2.35. The summed E-state index contributed by atoms with van der Waals surface area (Å²) in [5.41, 5.74) is 3.45. The Morgan fingerprint density at radius 2 is 2.00 bits per heavy atom. The van der Waals surface area contributed by atoms with Gasteiger partial charge < -0.3 is 10.2 Å². The second-order valence-corrected chi connectivity index (χ2v) is 6.58. The first-order chi connectivity index (χ1) is 11.7. The third kappa shape index (κ3) is 3.69. The van der Waals surface area contributed by atoms with Crippen molar-refractivity contribution in [1.82, 2.24) is 9.97 Å². The number of hydrogen-bond donors (Lipinski definition) is 1. The van der Waals surface area contributed by atoms with Gasteiger partial charge in [0.05, 0.1) is 0 Å². The van der Waals surface area contributed by atoms with Gasteiger partial charge in [0.1, 0.15) is 5.82 Å². The molecule has 0 amide bonds. The molecule has 128 valence electrons. The van der Waals surface area contributed by atoms with Crippen molar-refractivity contribution >= 4 is 17.5 Å². The number of para-hydroxylation sites is 1. The van der Waals surface area contributed by atoms with Crippen molar-refractivity contribution < 1.29 is 0 Å². The van der Waals surface area contributed by atoms with E-state index in [0.717, 1.165) is 42.5 Å². The highest BCUT2D eigenvalue weighted by Gasteiger charge is 2.23. The number of nitrogens with one attached hydrogen (secondary N) is 1. The van der Waals surface area contributed by atoms with Gasteiger partial charge in [0.15, 0.2) is 0 Å². The number of benzene rings is 1. The second-order valence-electron chi connectivity index (χ2n) is 6.58. The van der Waals surface area contributed by atoms with Crippen molar-refractivity contribution in [3.8, 4) is 0 Å². The topological polar surface area (TPSA) is 41.1 Å². The Morgan fingerprint density at radius 1 is 1.17 bits per heavy atom. The molecule has 1 aliphatic rings. The molecular weight excluding hydrogens is 296 g/mol. The molecule has 0 spiro atoms. The van der Waals surface area contributed by atoms with Crippen LogP contribution in [0.2, 0.25) is 0 Å². The maximum absolute atomic E-state index is 4.83. The van der Waals surface area contributed by atoms with E-state index in [1.165, 1.54) is 24.8 Å². The Bertz CT molecular complexity index is 683. The molecule has 4 heteroatoms. The van der Waals surface area contributed by atoms with E-state index in [1.54, 1.807) is 0 Å². The summed E-state index contributed by atoms with van der Waals surface area (Å²) < 4.78 is 0. The van der Waals surface area contributed by atoms with Crippen LogP contribution in [0.3, 0.4) is 0 Å². The van der Waals surface area contributed by atoms with Crippen molar-refractivity contribution in [3.63, 3.8) is 0 Å². The third-order valence-corrected chi connectivity index (χ3v) is 4.86. The molecule has 1 N–H and O–H groups in total. The molecule has 2 heterocycles. The van der Waals surface area contributed by atoms with Crippen molar-refractivity contribution in [2.24, 2.45) is 0 Å². The smallest absolute Gasteiger partial charge is 0.227 e. The lowest BCUT2D eigenvalue weighted by atomic mass is 10.0. The monoisotopic (exact) mass is 324 g/mol. The van der Waals surface area contributed by atoms with Crippen molar-refractivity contribution in [2.75, 3.05) is 16.8 Å². The number of aryl methyl sites for hydroxylation is 2. The fraction of sp³-hybridized carbons (Fsp3) is 0.500. The summed E-state index contributed by atoms with van der Waals surface area (Å²) in [5.74, 6) is 1.76. The van der Waals surface area contributed by atoms with Crippen LogP contribution in [0.25, 0.3) is 0 Å². The van der Waals surface area contributed by atoms with Gasteiger partial charge >= 0.3 is 0 Å². The van der Waals surface area contributed by atoms with Gasteiger partial charge in [-0.25, -0.2) is 4.98 Å². The maximum Gasteiger partial charge on any atom is 0.227 e. The fourth-order valence-corrected chi connectivity index (χ4v) is 3.52. The summed E-state index contributed by atoms with van der Waals surface area (Å²) in [5, 5.41) is 3.50. The molecule has 0 radical (unpaired) electrons. The fourth-order valence-electron chi connectivity index (χ4n) is 3.52. The molecule has 1 unspecified atom stereocenters. The second kappa shape index (κ2) is 7.65. The normalized spacial score (nSPS) is 17.8. The number of aromatic nitrogens is 2. The predicted molar refractivity (Wildman–Crippen MR) is 101 cm³/mol. The molecule has 1 atom stereocenters. The molecule has 1 aliphatic heterocycles. The van der Waals surface area contributed by atoms with Gasteiger partial charge in [0.25, 0.3) is 0 Å². The minimum atomic E-state index is 0.566. The van der Waals surface area contributed by atoms with Crippen LogP contribution in [0.1, 0.15) is 50.8 Å². The summed E-state index contributed by atoms with van der Waals surface area (Å²) in [6.45, 7) is 7.55. The third-order valence-electron chi connectivity index (χ3n) is 4.86. The lowest BCUT2D eigenvalue weighted by molar-refractivity contribution is 0.443. The van der Waals surface area contributed by atoms with Gasteiger partial charge in [-0.2, -0.15) is 4.98 Å². The minimum absolute atomic E-state index is 0.566. The van der Waals surface area contributed by atoms with E-state index in [2.05, 4.69) is 48.3 Å². The molecule has 0 aliphatic carbocycles. The molecule has 1 aromatic heterocycles. The molecule has 1 aromatic carbocycles. The Labute approximate surface area is 145 Å². The van der Waals surface area contributed by atoms with E-state index in [4.69, 9.17) is 9.97 Å². The number of anilines is 3. The molecule has 0 saturated carbocycles. The highest BCUT2D eigenvalue weighted by Crippen LogP contribution is 2.26. The zero-order valence-electron chi connectivity index (χ0n) is 15.0. The number of piperidine rings is 1. The van der Waals surface area contributed by atoms with Gasteiger partial charge in [-0.15, -0.1) is 0 Å². The van der Waals surface area contributed by atoms with Crippen LogP contribution in [0.15, 0.2) is 30.3 Å². The van der Waals surface area contributed by atoms with Crippen molar-refractivity contribution in [1.29, 1.82) is 0 Å². The summed E-state index contributed by atoms with van der Waals surface area (Å²) >= 11 is 0. The summed E-state index contributed by atoms with van der Waals surface area (Å²) in [4.78, 5) is 11.9. The van der Waals surface area contributed by atoms with Crippen LogP contribution in [0.4, 0.5) is 17.5 Å². The molecule has 4 nitrogen and oxygen atoms in total. The SMILES string of the molecule is CCc1ccccc1Nc1cc(C)nc(N2CCCCC2CC)n1. The van der Waals surface area contributed by atoms with Crippen LogP contribution < -0.4 is 10.2 Å². The first-order valence-electron chi connectivity index (χ1n) is 9.18. The molecule has 1 saturated heterocycles. The average Bonchev–Trinajstić information content (AvgIpc) is 2.61. The van der Waals surface area contributed by atoms with Crippen molar-refractivity contribution in [2.45, 2.75) is 58.9 Å². The summed E-state index contributed by atoms with van der Waals surface area (Å²) in [6.07, 6.45) is 5.95. The highest BCUT2D eigenvalue weighted by atomic mass is 15.3. The van der Waals surface area contributed by atoms with Crippen molar-refractivity contribution in [3.05, 3.63) is 41.6 Å². The zero-order chi connectivity index (χ0) is 16.9. The number of nitrogens with zero attached hydrogens (tertiary/aromatic N) is 3. The Hall–Kier alpha value is -2.10. The van der Waals surface area contributed by atoms with Crippen LogP contribution in [-0.4, -0.2) is 22.6 Å². The number of hydrogen-bond acceptors (Lipinski definition) is 4. The van der Waals surface area contributed by atoms with E-state index in [-0.39, 0.29) is 0 Å². The molecule has 2 aromatic rings. The molecular formula is C20H28N4. The van der Waals surface area contributed by atoms with Crippen LogP contribution in [0.5, 0.6) is 0 Å². The van der Waals surface area contributed by atoms with Gasteiger partial charge in [0.2, 0.25) is 5.95 Å². The van der Waals surface area contributed by atoms with Gasteiger partial charge in [-0.1, -0.05) is 32.0 Å². The Morgan fingerprint density at radius 3 is 2.79 bits per heavy atom. The first kappa shape index (κ1) is 16.7. The quantitative estimate of drug-likeness (QED) is 0.852. The molecule has 0 bridgehead atoms. The largest absolute Gasteiger partial charge is 0.340 e. The zero-order valence-corrected chi connectivity index (χ0v) is 15.0. The molecule has 1 fully saturated rings. The Balaban J connectivity index is 1.88. The molecule has 24 heavy (non-hydrogen) atoms. The lowest BCUT2D eigenvalue weighted by Crippen LogP contribution is -2.40. The molecule has 3 rings (SSSR count). The van der Waals surface area contributed by atoms with E-state index in [1.807, 2.05) is 13.0 Å². The average molecular weight is 324 g/mol. The Kier molecular flexibility index (Phi) is 5.34. The first-order valence-corrected chi connectivity index (χ1v) is 9.18. The van der Waals surface area contributed by atoms with Gasteiger partial charge in [0, 0.05) is 30.0 Å².